The van der Waals surface area contributed by atoms with E-state index < -0.39 is 21.9 Å². The molecule has 0 saturated heterocycles. The lowest BCUT2D eigenvalue weighted by Gasteiger charge is -2.32. The average Bonchev–Trinajstić information content (AvgIpc) is 3.36. The fourth-order valence-electron chi connectivity index (χ4n) is 4.87. The van der Waals surface area contributed by atoms with Gasteiger partial charge in [-0.2, -0.15) is 0 Å². The van der Waals surface area contributed by atoms with Gasteiger partial charge in [0.1, 0.15) is 11.9 Å². The van der Waals surface area contributed by atoms with Gasteiger partial charge < -0.3 is 10.2 Å². The first-order valence-corrected chi connectivity index (χ1v) is 14.8. The van der Waals surface area contributed by atoms with Crippen LogP contribution in [0.15, 0.2) is 48.5 Å². The van der Waals surface area contributed by atoms with Crippen molar-refractivity contribution in [2.75, 3.05) is 17.1 Å². The van der Waals surface area contributed by atoms with E-state index in [1.54, 1.807) is 4.90 Å². The highest BCUT2D eigenvalue weighted by Crippen LogP contribution is 2.22. The third-order valence-electron chi connectivity index (χ3n) is 6.96. The topological polar surface area (TPSA) is 86.8 Å². The monoisotopic (exact) mass is 531 g/mol. The van der Waals surface area contributed by atoms with E-state index in [1.165, 1.54) is 28.6 Å². The van der Waals surface area contributed by atoms with Crippen LogP contribution in [0, 0.1) is 12.7 Å². The van der Waals surface area contributed by atoms with Crippen LogP contribution in [0.2, 0.25) is 0 Å². The molecule has 2 amide bonds. The zero-order valence-electron chi connectivity index (χ0n) is 22.0. The standard InChI is InChI=1S/C28H38FN3O4S/c1-4-26(28(34)30-24-12-7-8-13-24)31(20-22-11-6-5-10-21(22)2)27(33)14-9-19-32(37(3,35)36)25-17-15-23(29)16-18-25/h5-6,10-11,15-18,24,26H,4,7-9,12-14,19-20H2,1-3H3,(H,30,34)/t26-/m0/s1. The number of halogens is 1. The van der Waals surface area contributed by atoms with Crippen molar-refractivity contribution in [2.45, 2.75) is 77.4 Å². The minimum atomic E-state index is -3.63. The van der Waals surface area contributed by atoms with Crippen LogP contribution in [0.1, 0.15) is 63.0 Å². The number of benzene rings is 2. The number of nitrogens with one attached hydrogen (secondary N) is 1. The van der Waals surface area contributed by atoms with Gasteiger partial charge in [-0.05, 0) is 68.0 Å². The van der Waals surface area contributed by atoms with Gasteiger partial charge in [0.15, 0.2) is 0 Å². The van der Waals surface area contributed by atoms with Gasteiger partial charge in [0.05, 0.1) is 11.9 Å². The molecule has 0 aromatic heterocycles. The molecule has 2 aromatic rings. The van der Waals surface area contributed by atoms with Crippen LogP contribution < -0.4 is 9.62 Å². The molecule has 1 saturated carbocycles. The lowest BCUT2D eigenvalue weighted by atomic mass is 10.0. The van der Waals surface area contributed by atoms with Crippen LogP contribution in [-0.2, 0) is 26.2 Å². The zero-order valence-corrected chi connectivity index (χ0v) is 22.8. The molecule has 1 atom stereocenters. The molecule has 0 aliphatic heterocycles. The summed E-state index contributed by atoms with van der Waals surface area (Å²) in [7, 11) is -3.63. The van der Waals surface area contributed by atoms with Gasteiger partial charge in [-0.3, -0.25) is 13.9 Å². The Kier molecular flexibility index (Phi) is 10.1. The Morgan fingerprint density at radius 1 is 1.08 bits per heavy atom. The van der Waals surface area contributed by atoms with Crippen molar-refractivity contribution in [3.63, 3.8) is 0 Å². The highest BCUT2D eigenvalue weighted by molar-refractivity contribution is 7.92. The molecule has 0 bridgehead atoms. The maximum absolute atomic E-state index is 13.5. The summed E-state index contributed by atoms with van der Waals surface area (Å²) in [5.41, 5.74) is 2.34. The Morgan fingerprint density at radius 2 is 1.73 bits per heavy atom. The fraction of sp³-hybridized carbons (Fsp3) is 0.500. The van der Waals surface area contributed by atoms with Gasteiger partial charge in [0.2, 0.25) is 21.8 Å². The lowest BCUT2D eigenvalue weighted by molar-refractivity contribution is -0.141. The van der Waals surface area contributed by atoms with E-state index in [1.807, 2.05) is 38.1 Å². The lowest BCUT2D eigenvalue weighted by Crippen LogP contribution is -2.51. The third kappa shape index (κ3) is 8.02. The van der Waals surface area contributed by atoms with Crippen LogP contribution in [0.5, 0.6) is 0 Å². The quantitative estimate of drug-likeness (QED) is 0.436. The number of anilines is 1. The maximum Gasteiger partial charge on any atom is 0.243 e. The van der Waals surface area contributed by atoms with Gasteiger partial charge in [-0.25, -0.2) is 12.8 Å². The molecule has 0 heterocycles. The van der Waals surface area contributed by atoms with Gasteiger partial charge in [-0.1, -0.05) is 44.0 Å². The summed E-state index contributed by atoms with van der Waals surface area (Å²) < 4.78 is 39.3. The Bertz CT molecular complexity index is 1160. The van der Waals surface area contributed by atoms with Crippen molar-refractivity contribution in [3.05, 3.63) is 65.5 Å². The summed E-state index contributed by atoms with van der Waals surface area (Å²) in [6.45, 7) is 4.25. The molecule has 7 nitrogen and oxygen atoms in total. The highest BCUT2D eigenvalue weighted by Gasteiger charge is 2.31. The number of hydrogen-bond acceptors (Lipinski definition) is 4. The van der Waals surface area contributed by atoms with E-state index in [0.717, 1.165) is 43.1 Å². The van der Waals surface area contributed by atoms with Crippen LogP contribution >= 0.6 is 0 Å². The summed E-state index contributed by atoms with van der Waals surface area (Å²) in [4.78, 5) is 28.4. The molecule has 1 N–H and O–H groups in total. The van der Waals surface area contributed by atoms with Crippen LogP contribution in [0.4, 0.5) is 10.1 Å². The Balaban J connectivity index is 1.76. The largest absolute Gasteiger partial charge is 0.352 e. The number of sulfonamides is 1. The van der Waals surface area contributed by atoms with Crippen molar-refractivity contribution in [1.82, 2.24) is 10.2 Å². The van der Waals surface area contributed by atoms with E-state index in [2.05, 4.69) is 5.32 Å². The zero-order chi connectivity index (χ0) is 27.0. The van der Waals surface area contributed by atoms with E-state index in [-0.39, 0.29) is 37.2 Å². The average molecular weight is 532 g/mol. The predicted molar refractivity (Wildman–Crippen MR) is 144 cm³/mol. The van der Waals surface area contributed by atoms with E-state index in [9.17, 15) is 22.4 Å². The van der Waals surface area contributed by atoms with E-state index in [0.29, 0.717) is 18.7 Å². The number of carbonyl (C=O) groups is 2. The second-order valence-electron chi connectivity index (χ2n) is 9.78. The highest BCUT2D eigenvalue weighted by atomic mass is 32.2. The molecule has 2 aromatic carbocycles. The third-order valence-corrected chi connectivity index (χ3v) is 8.15. The number of hydrogen-bond donors (Lipinski definition) is 1. The molecule has 0 spiro atoms. The smallest absolute Gasteiger partial charge is 0.243 e. The second-order valence-corrected chi connectivity index (χ2v) is 11.7. The van der Waals surface area contributed by atoms with Crippen LogP contribution in [-0.4, -0.2) is 50.0 Å². The molecule has 3 rings (SSSR count). The Labute approximate surface area is 220 Å². The summed E-state index contributed by atoms with van der Waals surface area (Å²) in [5, 5.41) is 3.13. The Morgan fingerprint density at radius 3 is 2.32 bits per heavy atom. The fourth-order valence-corrected chi connectivity index (χ4v) is 5.83. The summed E-state index contributed by atoms with van der Waals surface area (Å²) in [5.74, 6) is -0.801. The number of aryl methyl sites for hydroxylation is 1. The number of carbonyl (C=O) groups excluding carboxylic acids is 2. The molecule has 9 heteroatoms. The molecular weight excluding hydrogens is 493 g/mol. The van der Waals surface area contributed by atoms with Crippen LogP contribution in [0.3, 0.4) is 0 Å². The van der Waals surface area contributed by atoms with Crippen molar-refractivity contribution in [3.8, 4) is 0 Å². The van der Waals surface area contributed by atoms with Crippen LogP contribution in [0.25, 0.3) is 0 Å². The minimum Gasteiger partial charge on any atom is -0.352 e. The van der Waals surface area contributed by atoms with Gasteiger partial charge >= 0.3 is 0 Å². The molecule has 37 heavy (non-hydrogen) atoms. The predicted octanol–water partition coefficient (Wildman–Crippen LogP) is 4.55. The van der Waals surface area contributed by atoms with Crippen molar-refractivity contribution < 1.29 is 22.4 Å². The molecular formula is C28H38FN3O4S. The number of amides is 2. The van der Waals surface area contributed by atoms with Crippen molar-refractivity contribution >= 4 is 27.5 Å². The minimum absolute atomic E-state index is 0.0689. The van der Waals surface area contributed by atoms with Gasteiger partial charge in [0, 0.05) is 25.6 Å². The SMILES string of the molecule is CC[C@@H](C(=O)NC1CCCC1)N(Cc1ccccc1C)C(=O)CCCN(c1ccc(F)cc1)S(C)(=O)=O. The second kappa shape index (κ2) is 13.0. The normalized spacial score (nSPS) is 14.8. The van der Waals surface area contributed by atoms with E-state index in [4.69, 9.17) is 0 Å². The maximum atomic E-state index is 13.5. The molecule has 202 valence electrons. The summed E-state index contributed by atoms with van der Waals surface area (Å²) in [6.07, 6.45) is 6.00. The van der Waals surface area contributed by atoms with Crippen molar-refractivity contribution in [2.24, 2.45) is 0 Å². The molecule has 0 radical (unpaired) electrons. The molecule has 0 unspecified atom stereocenters. The first-order valence-electron chi connectivity index (χ1n) is 13.0. The summed E-state index contributed by atoms with van der Waals surface area (Å²) >= 11 is 0. The molecule has 1 aliphatic carbocycles. The first kappa shape index (κ1) is 28.6. The van der Waals surface area contributed by atoms with Gasteiger partial charge in [0.25, 0.3) is 0 Å². The van der Waals surface area contributed by atoms with E-state index >= 15 is 0 Å². The number of rotatable bonds is 12. The summed E-state index contributed by atoms with van der Waals surface area (Å²) in [6, 6.07) is 12.5. The number of nitrogens with zero attached hydrogens (tertiary/aromatic N) is 2. The molecule has 1 fully saturated rings. The van der Waals surface area contributed by atoms with Crippen molar-refractivity contribution in [1.29, 1.82) is 0 Å². The van der Waals surface area contributed by atoms with Gasteiger partial charge in [-0.15, -0.1) is 0 Å². The Hall–Kier alpha value is -2.94. The first-order chi connectivity index (χ1) is 17.6. The molecule has 1 aliphatic rings.